The Morgan fingerprint density at radius 2 is 1.73 bits per heavy atom. The lowest BCUT2D eigenvalue weighted by molar-refractivity contribution is 0.106. The molecule has 3 rings (SSSR count). The molecule has 2 amide bonds. The van der Waals surface area contributed by atoms with Gasteiger partial charge in [0.05, 0.1) is 0 Å². The SMILES string of the molecule is O=C1NN=C(C(=O)c2ccc(Br)cc2)C(c2ccccc2)N1. The summed E-state index contributed by atoms with van der Waals surface area (Å²) >= 11 is 3.34. The van der Waals surface area contributed by atoms with E-state index in [9.17, 15) is 9.59 Å². The van der Waals surface area contributed by atoms with Gasteiger partial charge < -0.3 is 5.32 Å². The predicted molar refractivity (Wildman–Crippen MR) is 86.8 cm³/mol. The molecule has 2 aromatic carbocycles. The van der Waals surface area contributed by atoms with Gasteiger partial charge in [-0.05, 0) is 29.8 Å². The largest absolute Gasteiger partial charge is 0.336 e. The quantitative estimate of drug-likeness (QED) is 0.828. The molecule has 1 unspecified atom stereocenters. The molecule has 2 N–H and O–H groups in total. The molecule has 1 atom stereocenters. The lowest BCUT2D eigenvalue weighted by Gasteiger charge is -2.24. The number of nitrogens with zero attached hydrogens (tertiary/aromatic N) is 1. The number of carbonyl (C=O) groups is 2. The van der Waals surface area contributed by atoms with Crippen LogP contribution in [0.5, 0.6) is 0 Å². The van der Waals surface area contributed by atoms with Gasteiger partial charge in [0.15, 0.2) is 0 Å². The Balaban J connectivity index is 1.97. The number of ketones is 1. The van der Waals surface area contributed by atoms with E-state index in [4.69, 9.17) is 0 Å². The molecule has 1 heterocycles. The third-order valence-electron chi connectivity index (χ3n) is 3.30. The van der Waals surface area contributed by atoms with E-state index in [1.807, 2.05) is 30.3 Å². The average Bonchev–Trinajstić information content (AvgIpc) is 2.56. The van der Waals surface area contributed by atoms with Crippen LogP contribution in [-0.4, -0.2) is 17.5 Å². The molecule has 0 bridgehead atoms. The highest BCUT2D eigenvalue weighted by Crippen LogP contribution is 2.20. The number of urea groups is 1. The molecule has 0 fully saturated rings. The highest BCUT2D eigenvalue weighted by Gasteiger charge is 2.30. The van der Waals surface area contributed by atoms with Crippen molar-refractivity contribution in [3.8, 4) is 0 Å². The number of hydrogen-bond acceptors (Lipinski definition) is 3. The maximum Gasteiger partial charge on any atom is 0.336 e. The van der Waals surface area contributed by atoms with E-state index in [0.717, 1.165) is 10.0 Å². The average molecular weight is 358 g/mol. The monoisotopic (exact) mass is 357 g/mol. The van der Waals surface area contributed by atoms with Crippen LogP contribution in [0.3, 0.4) is 0 Å². The number of rotatable bonds is 3. The lowest BCUT2D eigenvalue weighted by atomic mass is 9.95. The van der Waals surface area contributed by atoms with Crippen LogP contribution in [0.1, 0.15) is 22.0 Å². The van der Waals surface area contributed by atoms with Crippen LogP contribution in [0.2, 0.25) is 0 Å². The van der Waals surface area contributed by atoms with Gasteiger partial charge in [0.2, 0.25) is 5.78 Å². The summed E-state index contributed by atoms with van der Waals surface area (Å²) in [4.78, 5) is 24.2. The molecule has 1 aliphatic rings. The molecule has 5 nitrogen and oxygen atoms in total. The summed E-state index contributed by atoms with van der Waals surface area (Å²) in [6.45, 7) is 0. The van der Waals surface area contributed by atoms with Crippen LogP contribution in [0.25, 0.3) is 0 Å². The van der Waals surface area contributed by atoms with Crippen LogP contribution >= 0.6 is 15.9 Å². The number of hydrazone groups is 1. The van der Waals surface area contributed by atoms with Crippen molar-refractivity contribution in [1.82, 2.24) is 10.7 Å². The lowest BCUT2D eigenvalue weighted by Crippen LogP contribution is -2.47. The van der Waals surface area contributed by atoms with E-state index in [0.29, 0.717) is 5.56 Å². The predicted octanol–water partition coefficient (Wildman–Crippen LogP) is 3.04. The van der Waals surface area contributed by atoms with Crippen molar-refractivity contribution >= 4 is 33.5 Å². The van der Waals surface area contributed by atoms with Crippen LogP contribution in [0.4, 0.5) is 4.79 Å². The summed E-state index contributed by atoms with van der Waals surface area (Å²) in [5, 5.41) is 6.69. The highest BCUT2D eigenvalue weighted by atomic mass is 79.9. The minimum Gasteiger partial charge on any atom is -0.324 e. The Hall–Kier alpha value is -2.47. The first-order valence-electron chi connectivity index (χ1n) is 6.64. The van der Waals surface area contributed by atoms with Gasteiger partial charge in [0, 0.05) is 10.0 Å². The number of amides is 2. The zero-order chi connectivity index (χ0) is 15.5. The molecule has 22 heavy (non-hydrogen) atoms. The van der Waals surface area contributed by atoms with Crippen molar-refractivity contribution in [3.05, 3.63) is 70.2 Å². The van der Waals surface area contributed by atoms with Gasteiger partial charge in [-0.15, -0.1) is 0 Å². The highest BCUT2D eigenvalue weighted by molar-refractivity contribution is 9.10. The van der Waals surface area contributed by atoms with Gasteiger partial charge in [-0.3, -0.25) is 4.79 Å². The number of halogens is 1. The fraction of sp³-hybridized carbons (Fsp3) is 0.0625. The smallest absolute Gasteiger partial charge is 0.324 e. The second kappa shape index (κ2) is 6.11. The third kappa shape index (κ3) is 2.92. The second-order valence-electron chi connectivity index (χ2n) is 4.76. The van der Waals surface area contributed by atoms with E-state index >= 15 is 0 Å². The fourth-order valence-corrected chi connectivity index (χ4v) is 2.49. The van der Waals surface area contributed by atoms with Crippen molar-refractivity contribution in [2.24, 2.45) is 5.10 Å². The van der Waals surface area contributed by atoms with Gasteiger partial charge in [0.25, 0.3) is 0 Å². The van der Waals surface area contributed by atoms with E-state index in [1.54, 1.807) is 24.3 Å². The topological polar surface area (TPSA) is 70.6 Å². The molecular weight excluding hydrogens is 346 g/mol. The van der Waals surface area contributed by atoms with Crippen molar-refractivity contribution in [2.45, 2.75) is 6.04 Å². The molecule has 1 aliphatic heterocycles. The minimum atomic E-state index is -0.564. The first kappa shape index (κ1) is 14.5. The molecule has 110 valence electrons. The molecule has 6 heteroatoms. The standard InChI is InChI=1S/C16H12BrN3O2/c17-12-8-6-11(7-9-12)15(21)14-13(18-16(22)20-19-14)10-4-2-1-3-5-10/h1-9,13H,(H2,18,20,22). The van der Waals surface area contributed by atoms with Crippen molar-refractivity contribution in [1.29, 1.82) is 0 Å². The molecule has 0 radical (unpaired) electrons. The molecule has 2 aromatic rings. The molecular formula is C16H12BrN3O2. The third-order valence-corrected chi connectivity index (χ3v) is 3.83. The molecule has 0 aliphatic carbocycles. The minimum absolute atomic E-state index is 0.228. The van der Waals surface area contributed by atoms with Crippen LogP contribution in [0.15, 0.2) is 64.2 Å². The van der Waals surface area contributed by atoms with Gasteiger partial charge in [-0.25, -0.2) is 10.2 Å². The number of benzene rings is 2. The fourth-order valence-electron chi connectivity index (χ4n) is 2.22. The maximum atomic E-state index is 12.7. The summed E-state index contributed by atoms with van der Waals surface area (Å²) in [6, 6.07) is 15.3. The molecule has 0 aromatic heterocycles. The van der Waals surface area contributed by atoms with Crippen LogP contribution in [0, 0.1) is 0 Å². The number of nitrogens with one attached hydrogen (secondary N) is 2. The van der Waals surface area contributed by atoms with Crippen LogP contribution in [-0.2, 0) is 0 Å². The molecule has 0 spiro atoms. The van der Waals surface area contributed by atoms with E-state index < -0.39 is 12.1 Å². The van der Waals surface area contributed by atoms with Gasteiger partial charge in [-0.2, -0.15) is 5.10 Å². The zero-order valence-corrected chi connectivity index (χ0v) is 13.0. The zero-order valence-electron chi connectivity index (χ0n) is 11.4. The Morgan fingerprint density at radius 1 is 1.05 bits per heavy atom. The Morgan fingerprint density at radius 3 is 2.41 bits per heavy atom. The Kier molecular flexibility index (Phi) is 4.02. The first-order chi connectivity index (χ1) is 10.6. The summed E-state index contributed by atoms with van der Waals surface area (Å²) in [6.07, 6.45) is 0. The van der Waals surface area contributed by atoms with Gasteiger partial charge >= 0.3 is 6.03 Å². The number of Topliss-reactive ketones (excluding diaryl/α,β-unsaturated/α-hetero) is 1. The molecule has 0 saturated heterocycles. The second-order valence-corrected chi connectivity index (χ2v) is 5.68. The summed E-state index contributed by atoms with van der Waals surface area (Å²) in [5.41, 5.74) is 3.88. The van der Waals surface area contributed by atoms with Gasteiger partial charge in [-0.1, -0.05) is 46.3 Å². The summed E-state index contributed by atoms with van der Waals surface area (Å²) in [7, 11) is 0. The molecule has 0 saturated carbocycles. The van der Waals surface area contributed by atoms with E-state index in [-0.39, 0.29) is 11.5 Å². The van der Waals surface area contributed by atoms with Crippen LogP contribution < -0.4 is 10.7 Å². The Bertz CT molecular complexity index is 742. The normalized spacial score (nSPS) is 17.2. The Labute approximate surface area is 135 Å². The van der Waals surface area contributed by atoms with Crippen molar-refractivity contribution in [2.75, 3.05) is 0 Å². The maximum absolute atomic E-state index is 12.7. The van der Waals surface area contributed by atoms with Crippen molar-refractivity contribution < 1.29 is 9.59 Å². The van der Waals surface area contributed by atoms with E-state index in [2.05, 4.69) is 31.8 Å². The van der Waals surface area contributed by atoms with Crippen molar-refractivity contribution in [3.63, 3.8) is 0 Å². The van der Waals surface area contributed by atoms with Gasteiger partial charge in [0.1, 0.15) is 11.8 Å². The number of hydrogen-bond donors (Lipinski definition) is 2. The first-order valence-corrected chi connectivity index (χ1v) is 7.44. The number of carbonyl (C=O) groups excluding carboxylic acids is 2. The summed E-state index contributed by atoms with van der Waals surface area (Å²) < 4.78 is 0.890. The summed E-state index contributed by atoms with van der Waals surface area (Å²) in [5.74, 6) is -0.228. The van der Waals surface area contributed by atoms with E-state index in [1.165, 1.54) is 0 Å².